The minimum Gasteiger partial charge on any atom is -0.319 e. The number of aromatic nitrogens is 2. The Kier molecular flexibility index (Phi) is 2.96. The molecular weight excluding hydrogens is 231 g/mol. The third-order valence-electron chi connectivity index (χ3n) is 2.88. The van der Waals surface area contributed by atoms with E-state index in [1.807, 2.05) is 49.0 Å². The summed E-state index contributed by atoms with van der Waals surface area (Å²) in [6.07, 6.45) is 0. The maximum Gasteiger partial charge on any atom is 0.109 e. The summed E-state index contributed by atoms with van der Waals surface area (Å²) in [7, 11) is -0.281. The van der Waals surface area contributed by atoms with Crippen molar-refractivity contribution in [1.29, 1.82) is 0 Å². The Morgan fingerprint density at radius 2 is 1.94 bits per heavy atom. The Morgan fingerprint density at radius 1 is 1.24 bits per heavy atom. The van der Waals surface area contributed by atoms with Gasteiger partial charge in [-0.25, -0.2) is 0 Å². The molecule has 2 rings (SSSR count). The largest absolute Gasteiger partial charge is 0.319 e. The van der Waals surface area contributed by atoms with E-state index in [1.165, 1.54) is 0 Å². The van der Waals surface area contributed by atoms with Crippen molar-refractivity contribution in [2.45, 2.75) is 6.92 Å². The summed E-state index contributed by atoms with van der Waals surface area (Å²) in [5, 5.41) is 5.33. The van der Waals surface area contributed by atoms with Crippen LogP contribution in [0.15, 0.2) is 30.3 Å². The third-order valence-corrected chi connectivity index (χ3v) is 4.40. The standard InChI is InChI=1S/C13H17N2OP/c1-10-8-13(14-15(10)2)11-6-5-7-12(9-11)17(3,4)16/h5-9H,1-4H3. The second-order valence-electron chi connectivity index (χ2n) is 4.70. The number of aryl methyl sites for hydroxylation is 2. The van der Waals surface area contributed by atoms with Gasteiger partial charge in [0.15, 0.2) is 0 Å². The van der Waals surface area contributed by atoms with Crippen LogP contribution in [0.1, 0.15) is 5.69 Å². The van der Waals surface area contributed by atoms with Gasteiger partial charge >= 0.3 is 0 Å². The maximum absolute atomic E-state index is 12.0. The second-order valence-corrected chi connectivity index (χ2v) is 7.91. The van der Waals surface area contributed by atoms with Crippen molar-refractivity contribution in [3.63, 3.8) is 0 Å². The molecule has 0 bridgehead atoms. The van der Waals surface area contributed by atoms with Gasteiger partial charge in [-0.1, -0.05) is 18.2 Å². The fraction of sp³-hybridized carbons (Fsp3) is 0.308. The summed E-state index contributed by atoms with van der Waals surface area (Å²) in [6.45, 7) is 5.59. The van der Waals surface area contributed by atoms with Crippen molar-refractivity contribution in [3.8, 4) is 11.3 Å². The fourth-order valence-corrected chi connectivity index (χ4v) is 2.60. The van der Waals surface area contributed by atoms with E-state index < -0.39 is 7.14 Å². The maximum atomic E-state index is 12.0. The van der Waals surface area contributed by atoms with Crippen molar-refractivity contribution in [2.75, 3.05) is 13.3 Å². The Morgan fingerprint density at radius 3 is 2.47 bits per heavy atom. The number of hydrogen-bond donors (Lipinski definition) is 0. The molecule has 0 aliphatic rings. The zero-order valence-corrected chi connectivity index (χ0v) is 11.5. The van der Waals surface area contributed by atoms with Crippen LogP contribution in [0.25, 0.3) is 11.3 Å². The molecule has 0 N–H and O–H groups in total. The lowest BCUT2D eigenvalue weighted by Crippen LogP contribution is -2.02. The monoisotopic (exact) mass is 248 g/mol. The molecule has 0 fully saturated rings. The van der Waals surface area contributed by atoms with Gasteiger partial charge in [0.2, 0.25) is 0 Å². The van der Waals surface area contributed by atoms with Crippen molar-refractivity contribution in [2.24, 2.45) is 7.05 Å². The predicted octanol–water partition coefficient (Wildman–Crippen LogP) is 2.64. The summed E-state index contributed by atoms with van der Waals surface area (Å²) >= 11 is 0. The topological polar surface area (TPSA) is 34.9 Å². The van der Waals surface area contributed by atoms with E-state index in [1.54, 1.807) is 13.3 Å². The van der Waals surface area contributed by atoms with Crippen LogP contribution in [0.3, 0.4) is 0 Å². The van der Waals surface area contributed by atoms with E-state index in [2.05, 4.69) is 5.10 Å². The van der Waals surface area contributed by atoms with E-state index in [-0.39, 0.29) is 0 Å². The molecule has 0 aliphatic carbocycles. The normalized spacial score (nSPS) is 11.8. The highest BCUT2D eigenvalue weighted by Crippen LogP contribution is 2.35. The molecule has 0 saturated carbocycles. The van der Waals surface area contributed by atoms with Gasteiger partial charge in [-0.3, -0.25) is 4.68 Å². The van der Waals surface area contributed by atoms with Crippen LogP contribution in [0.2, 0.25) is 0 Å². The summed E-state index contributed by atoms with van der Waals surface area (Å²) in [5.41, 5.74) is 3.07. The van der Waals surface area contributed by atoms with Crippen molar-refractivity contribution >= 4 is 12.4 Å². The van der Waals surface area contributed by atoms with Gasteiger partial charge in [-0.15, -0.1) is 0 Å². The third kappa shape index (κ3) is 2.50. The highest BCUT2D eigenvalue weighted by molar-refractivity contribution is 7.70. The molecule has 90 valence electrons. The lowest BCUT2D eigenvalue weighted by molar-refractivity contribution is 0.588. The van der Waals surface area contributed by atoms with E-state index in [0.29, 0.717) is 0 Å². The Bertz CT molecular complexity index is 576. The Balaban J connectivity index is 2.50. The van der Waals surface area contributed by atoms with Crippen LogP contribution in [0.4, 0.5) is 0 Å². The zero-order valence-electron chi connectivity index (χ0n) is 10.6. The molecule has 0 atom stereocenters. The first kappa shape index (κ1) is 12.1. The zero-order chi connectivity index (χ0) is 12.6. The van der Waals surface area contributed by atoms with Gasteiger partial charge in [0.1, 0.15) is 7.14 Å². The molecule has 1 aromatic heterocycles. The highest BCUT2D eigenvalue weighted by atomic mass is 31.2. The molecule has 17 heavy (non-hydrogen) atoms. The number of rotatable bonds is 2. The van der Waals surface area contributed by atoms with Gasteiger partial charge < -0.3 is 4.57 Å². The quantitative estimate of drug-likeness (QED) is 0.766. The van der Waals surface area contributed by atoms with Crippen LogP contribution in [-0.4, -0.2) is 23.1 Å². The molecular formula is C13H17N2OP. The molecule has 4 heteroatoms. The smallest absolute Gasteiger partial charge is 0.109 e. The highest BCUT2D eigenvalue weighted by Gasteiger charge is 2.12. The van der Waals surface area contributed by atoms with E-state index in [0.717, 1.165) is 22.3 Å². The fourth-order valence-electron chi connectivity index (χ4n) is 1.70. The summed E-state index contributed by atoms with van der Waals surface area (Å²) in [5.74, 6) is 0. The predicted molar refractivity (Wildman–Crippen MR) is 72.5 cm³/mol. The minimum atomic E-state index is -2.21. The van der Waals surface area contributed by atoms with Gasteiger partial charge in [-0.05, 0) is 32.4 Å². The Labute approximate surface area is 102 Å². The van der Waals surface area contributed by atoms with Gasteiger partial charge in [0.05, 0.1) is 5.69 Å². The van der Waals surface area contributed by atoms with Crippen molar-refractivity contribution in [1.82, 2.24) is 9.78 Å². The number of hydrogen-bond acceptors (Lipinski definition) is 2. The summed E-state index contributed by atoms with van der Waals surface area (Å²) in [4.78, 5) is 0. The first-order valence-corrected chi connectivity index (χ1v) is 8.14. The number of nitrogens with zero attached hydrogens (tertiary/aromatic N) is 2. The number of benzene rings is 1. The molecule has 0 aliphatic heterocycles. The molecule has 0 amide bonds. The SMILES string of the molecule is Cc1cc(-c2cccc(P(C)(C)=O)c2)nn1C. The molecule has 3 nitrogen and oxygen atoms in total. The molecule has 1 heterocycles. The van der Waals surface area contributed by atoms with E-state index in [4.69, 9.17) is 0 Å². The van der Waals surface area contributed by atoms with Crippen LogP contribution in [0, 0.1) is 6.92 Å². The first-order valence-electron chi connectivity index (χ1n) is 5.54. The van der Waals surface area contributed by atoms with Crippen LogP contribution < -0.4 is 5.30 Å². The van der Waals surface area contributed by atoms with E-state index >= 15 is 0 Å². The lowest BCUT2D eigenvalue weighted by Gasteiger charge is -2.07. The average Bonchev–Trinajstić information content (AvgIpc) is 2.58. The first-order chi connectivity index (χ1) is 7.88. The summed E-state index contributed by atoms with van der Waals surface area (Å²) < 4.78 is 13.9. The summed E-state index contributed by atoms with van der Waals surface area (Å²) in [6, 6.07) is 9.87. The van der Waals surface area contributed by atoms with Gasteiger partial charge in [0.25, 0.3) is 0 Å². The van der Waals surface area contributed by atoms with Crippen molar-refractivity contribution < 1.29 is 4.57 Å². The molecule has 0 unspecified atom stereocenters. The molecule has 0 spiro atoms. The van der Waals surface area contributed by atoms with Gasteiger partial charge in [-0.2, -0.15) is 5.10 Å². The van der Waals surface area contributed by atoms with Crippen molar-refractivity contribution in [3.05, 3.63) is 36.0 Å². The molecule has 2 aromatic rings. The van der Waals surface area contributed by atoms with Gasteiger partial charge in [0, 0.05) is 23.6 Å². The Hall–Kier alpha value is -1.34. The lowest BCUT2D eigenvalue weighted by atomic mass is 10.1. The molecule has 0 saturated heterocycles. The van der Waals surface area contributed by atoms with Crippen LogP contribution >= 0.6 is 7.14 Å². The van der Waals surface area contributed by atoms with Crippen LogP contribution in [-0.2, 0) is 11.6 Å². The second kappa shape index (κ2) is 4.15. The molecule has 0 radical (unpaired) electrons. The molecule has 1 aromatic carbocycles. The average molecular weight is 248 g/mol. The van der Waals surface area contributed by atoms with E-state index in [9.17, 15) is 4.57 Å². The van der Waals surface area contributed by atoms with Crippen LogP contribution in [0.5, 0.6) is 0 Å². The minimum absolute atomic E-state index is 0.901.